The third-order valence-corrected chi connectivity index (χ3v) is 1.99. The van der Waals surface area contributed by atoms with Crippen molar-refractivity contribution in [3.63, 3.8) is 0 Å². The number of carbonyl (C=O) groups excluding carboxylic acids is 1. The van der Waals surface area contributed by atoms with Gasteiger partial charge in [0, 0.05) is 12.6 Å². The summed E-state index contributed by atoms with van der Waals surface area (Å²) in [5, 5.41) is 5.83. The standard InChI is InChI=1S/C5H11BN3O2P/c6-9-12-11-5(10)8-4-1-2-7-3-4/h4,7,9,12H,1-3H2,(H,8,10)/t4-/m0/s1. The van der Waals surface area contributed by atoms with E-state index in [9.17, 15) is 4.79 Å². The molecule has 1 rings (SSSR count). The highest BCUT2D eigenvalue weighted by molar-refractivity contribution is 7.32. The van der Waals surface area contributed by atoms with Crippen molar-refractivity contribution in [2.24, 2.45) is 0 Å². The summed E-state index contributed by atoms with van der Waals surface area (Å²) in [6, 6.07) is 0.195. The van der Waals surface area contributed by atoms with Gasteiger partial charge in [0.1, 0.15) is 8.96 Å². The summed E-state index contributed by atoms with van der Waals surface area (Å²) in [6.45, 7) is 1.76. The summed E-state index contributed by atoms with van der Waals surface area (Å²) in [5.41, 5.74) is 0. The number of hydrogen-bond donors (Lipinski definition) is 3. The molecule has 0 aromatic heterocycles. The summed E-state index contributed by atoms with van der Waals surface area (Å²) in [4.78, 5) is 13.2. The summed E-state index contributed by atoms with van der Waals surface area (Å²) >= 11 is 0. The van der Waals surface area contributed by atoms with Crippen molar-refractivity contribution >= 4 is 23.0 Å². The molecular weight excluding hydrogens is 176 g/mol. The van der Waals surface area contributed by atoms with Crippen LogP contribution in [0.15, 0.2) is 0 Å². The Bertz CT molecular complexity index is 154. The molecule has 1 saturated heterocycles. The highest BCUT2D eigenvalue weighted by atomic mass is 31.1. The van der Waals surface area contributed by atoms with E-state index in [4.69, 9.17) is 7.98 Å². The third-order valence-electron chi connectivity index (χ3n) is 1.58. The number of amides is 1. The summed E-state index contributed by atoms with van der Waals surface area (Å²) in [5.74, 6) is 0. The zero-order valence-electron chi connectivity index (χ0n) is 6.59. The topological polar surface area (TPSA) is 62.4 Å². The minimum Gasteiger partial charge on any atom is -0.416 e. The number of nitrogens with one attached hydrogen (secondary N) is 3. The van der Waals surface area contributed by atoms with E-state index in [-0.39, 0.29) is 15.0 Å². The van der Waals surface area contributed by atoms with E-state index in [1.54, 1.807) is 0 Å². The molecule has 1 unspecified atom stereocenters. The smallest absolute Gasteiger partial charge is 0.411 e. The van der Waals surface area contributed by atoms with Crippen molar-refractivity contribution in [2.75, 3.05) is 13.1 Å². The second-order valence-corrected chi connectivity index (χ2v) is 3.17. The number of rotatable bonds is 3. The van der Waals surface area contributed by atoms with Crippen molar-refractivity contribution < 1.29 is 9.32 Å². The first-order valence-electron chi connectivity index (χ1n) is 3.71. The van der Waals surface area contributed by atoms with Crippen LogP contribution in [0.4, 0.5) is 4.79 Å². The summed E-state index contributed by atoms with van der Waals surface area (Å²) in [7, 11) is 4.74. The molecule has 2 radical (unpaired) electrons. The maximum Gasteiger partial charge on any atom is 0.411 e. The predicted octanol–water partition coefficient (Wildman–Crippen LogP) is -0.744. The van der Waals surface area contributed by atoms with Crippen LogP contribution in [-0.4, -0.2) is 33.2 Å². The van der Waals surface area contributed by atoms with Crippen LogP contribution < -0.4 is 15.6 Å². The molecule has 7 heteroatoms. The molecule has 5 nitrogen and oxygen atoms in total. The Morgan fingerprint density at radius 2 is 2.58 bits per heavy atom. The van der Waals surface area contributed by atoms with Crippen LogP contribution in [-0.2, 0) is 4.52 Å². The van der Waals surface area contributed by atoms with Gasteiger partial charge >= 0.3 is 6.09 Å². The van der Waals surface area contributed by atoms with Gasteiger partial charge in [-0.3, -0.25) is 0 Å². The summed E-state index contributed by atoms with van der Waals surface area (Å²) < 4.78 is 4.67. The number of carbonyl (C=O) groups is 1. The van der Waals surface area contributed by atoms with Crippen LogP contribution in [0.25, 0.3) is 0 Å². The monoisotopic (exact) mass is 187 g/mol. The van der Waals surface area contributed by atoms with Gasteiger partial charge < -0.3 is 20.2 Å². The molecule has 1 fully saturated rings. The van der Waals surface area contributed by atoms with Crippen LogP contribution in [0.5, 0.6) is 0 Å². The van der Waals surface area contributed by atoms with E-state index in [0.29, 0.717) is 0 Å². The summed E-state index contributed by atoms with van der Waals surface area (Å²) in [6.07, 6.45) is 0.536. The van der Waals surface area contributed by atoms with E-state index in [1.165, 1.54) is 0 Å². The molecule has 0 bridgehead atoms. The van der Waals surface area contributed by atoms with Crippen LogP contribution in [0.2, 0.25) is 0 Å². The molecule has 66 valence electrons. The predicted molar refractivity (Wildman–Crippen MR) is 48.1 cm³/mol. The average molecular weight is 187 g/mol. The number of hydrogen-bond acceptors (Lipinski definition) is 4. The normalized spacial score (nSPS) is 23.2. The van der Waals surface area contributed by atoms with Crippen LogP contribution in [0.1, 0.15) is 6.42 Å². The molecule has 1 amide bonds. The maximum absolute atomic E-state index is 10.9. The molecule has 12 heavy (non-hydrogen) atoms. The second-order valence-electron chi connectivity index (χ2n) is 2.47. The molecule has 0 saturated carbocycles. The van der Waals surface area contributed by atoms with Gasteiger partial charge in [-0.15, -0.1) is 0 Å². The van der Waals surface area contributed by atoms with Crippen LogP contribution in [0, 0.1) is 0 Å². The van der Waals surface area contributed by atoms with Gasteiger partial charge in [-0.05, 0) is 13.0 Å². The molecule has 1 aliphatic heterocycles. The highest BCUT2D eigenvalue weighted by Gasteiger charge is 2.16. The van der Waals surface area contributed by atoms with E-state index >= 15 is 0 Å². The average Bonchev–Trinajstić information content (AvgIpc) is 2.53. The highest BCUT2D eigenvalue weighted by Crippen LogP contribution is 2.04. The Kier molecular flexibility index (Phi) is 4.36. The minimum absolute atomic E-state index is 0.187. The van der Waals surface area contributed by atoms with E-state index in [2.05, 4.69) is 20.2 Å². The van der Waals surface area contributed by atoms with Crippen molar-refractivity contribution in [3.8, 4) is 0 Å². The molecule has 0 spiro atoms. The first-order valence-corrected chi connectivity index (χ1v) is 4.62. The SMILES string of the molecule is [B]NPOC(=O)N[C@H]1CCNC1. The zero-order chi connectivity index (χ0) is 8.81. The lowest BCUT2D eigenvalue weighted by Gasteiger charge is -2.10. The van der Waals surface area contributed by atoms with Crippen LogP contribution >= 0.6 is 8.96 Å². The fourth-order valence-electron chi connectivity index (χ4n) is 1.05. The molecule has 0 aromatic rings. The van der Waals surface area contributed by atoms with Gasteiger partial charge in [0.15, 0.2) is 7.98 Å². The molecule has 0 aliphatic carbocycles. The first-order chi connectivity index (χ1) is 5.83. The zero-order valence-corrected chi connectivity index (χ0v) is 7.59. The van der Waals surface area contributed by atoms with Gasteiger partial charge in [-0.25, -0.2) is 4.79 Å². The Labute approximate surface area is 74.3 Å². The molecule has 2 atom stereocenters. The van der Waals surface area contributed by atoms with Gasteiger partial charge in [0.2, 0.25) is 0 Å². The lowest BCUT2D eigenvalue weighted by Crippen LogP contribution is -2.35. The van der Waals surface area contributed by atoms with Crippen LogP contribution in [0.3, 0.4) is 0 Å². The van der Waals surface area contributed by atoms with Gasteiger partial charge in [0.05, 0.1) is 0 Å². The quantitative estimate of drug-likeness (QED) is 0.402. The van der Waals surface area contributed by atoms with Gasteiger partial charge in [0.25, 0.3) is 0 Å². The Morgan fingerprint density at radius 3 is 3.17 bits per heavy atom. The molecule has 1 aliphatic rings. The largest absolute Gasteiger partial charge is 0.416 e. The Hall–Kier alpha value is -0.315. The van der Waals surface area contributed by atoms with Crippen molar-refractivity contribution in [2.45, 2.75) is 12.5 Å². The van der Waals surface area contributed by atoms with Gasteiger partial charge in [-0.1, -0.05) is 0 Å². The Balaban J connectivity index is 2.08. The third kappa shape index (κ3) is 3.39. The maximum atomic E-state index is 10.9. The van der Waals surface area contributed by atoms with Crippen molar-refractivity contribution in [1.82, 2.24) is 15.6 Å². The fourth-order valence-corrected chi connectivity index (χ4v) is 1.26. The fraction of sp³-hybridized carbons (Fsp3) is 0.800. The lowest BCUT2D eigenvalue weighted by atomic mass is 10.3. The molecule has 0 aromatic carbocycles. The van der Waals surface area contributed by atoms with Gasteiger partial charge in [-0.2, -0.15) is 0 Å². The second kappa shape index (κ2) is 5.35. The molecule has 1 heterocycles. The Morgan fingerprint density at radius 1 is 1.75 bits per heavy atom. The first kappa shape index (κ1) is 9.77. The lowest BCUT2D eigenvalue weighted by molar-refractivity contribution is 0.203. The molecular formula is C5H11BN3O2P. The molecule has 3 N–H and O–H groups in total. The van der Waals surface area contributed by atoms with Crippen molar-refractivity contribution in [1.29, 1.82) is 0 Å². The minimum atomic E-state index is -0.417. The van der Waals surface area contributed by atoms with E-state index < -0.39 is 6.09 Å². The van der Waals surface area contributed by atoms with Crippen molar-refractivity contribution in [3.05, 3.63) is 0 Å². The van der Waals surface area contributed by atoms with E-state index in [1.807, 2.05) is 0 Å². The van der Waals surface area contributed by atoms with E-state index in [0.717, 1.165) is 19.5 Å².